The normalized spacial score (nSPS) is 13.4. The predicted molar refractivity (Wildman–Crippen MR) is 60.3 cm³/mol. The highest BCUT2D eigenvalue weighted by atomic mass is 32.2. The number of hydrogen-bond donors (Lipinski definition) is 0. The van der Waals surface area contributed by atoms with Gasteiger partial charge in [-0.1, -0.05) is 12.2 Å². The molecule has 0 saturated heterocycles. The molecule has 0 aliphatic rings. The Hall–Kier alpha value is -0.850. The zero-order chi connectivity index (χ0) is 11.3. The van der Waals surface area contributed by atoms with Gasteiger partial charge in [0.15, 0.2) is 0 Å². The maximum atomic E-state index is 10.9. The molecule has 1 heterocycles. The Morgan fingerprint density at radius 1 is 1.53 bits per heavy atom. The second-order valence-corrected chi connectivity index (χ2v) is 4.80. The molecule has 4 nitrogen and oxygen atoms in total. The first-order chi connectivity index (χ1) is 7.01. The van der Waals surface area contributed by atoms with E-state index >= 15 is 0 Å². The zero-order valence-electron chi connectivity index (χ0n) is 8.08. The molecule has 15 heavy (non-hydrogen) atoms. The predicted octanol–water partition coefficient (Wildman–Crippen LogP) is 0.846. The van der Waals surface area contributed by atoms with Gasteiger partial charge in [0, 0.05) is 18.8 Å². The summed E-state index contributed by atoms with van der Waals surface area (Å²) in [7, 11) is -3.50. The van der Waals surface area contributed by atoms with Gasteiger partial charge in [0.25, 0.3) is 10.1 Å². The third-order valence-electron chi connectivity index (χ3n) is 1.59. The molecule has 1 aromatic rings. The second kappa shape index (κ2) is 5.29. The van der Waals surface area contributed by atoms with Crippen molar-refractivity contribution in [2.75, 3.05) is 6.26 Å². The summed E-state index contributed by atoms with van der Waals surface area (Å²) in [4.78, 5) is 3.85. The Morgan fingerprint density at radius 2 is 2.13 bits per heavy atom. The fraction of sp³-hybridized carbons (Fsp3) is 0.333. The number of rotatable bonds is 5. The minimum absolute atomic E-state index is 0.374. The molecule has 6 heteroatoms. The van der Waals surface area contributed by atoms with E-state index in [0.29, 0.717) is 6.42 Å². The molecular formula is C9H10NO3S2. The lowest BCUT2D eigenvalue weighted by Crippen LogP contribution is -2.20. The van der Waals surface area contributed by atoms with E-state index in [4.69, 9.17) is 4.18 Å². The van der Waals surface area contributed by atoms with Crippen LogP contribution in [0.2, 0.25) is 0 Å². The van der Waals surface area contributed by atoms with E-state index in [1.165, 1.54) is 0 Å². The van der Waals surface area contributed by atoms with E-state index in [1.54, 1.807) is 24.5 Å². The number of pyridine rings is 1. The summed E-state index contributed by atoms with van der Waals surface area (Å²) in [6, 6.07) is 3.54. The first kappa shape index (κ1) is 12.2. The smallest absolute Gasteiger partial charge is 0.265 e. The maximum absolute atomic E-state index is 10.9. The van der Waals surface area contributed by atoms with Crippen LogP contribution in [0.25, 0.3) is 0 Å². The molecular weight excluding hydrogens is 234 g/mol. The molecule has 0 bridgehead atoms. The van der Waals surface area contributed by atoms with Crippen molar-refractivity contribution < 1.29 is 12.6 Å². The molecule has 0 amide bonds. The van der Waals surface area contributed by atoms with Gasteiger partial charge in [-0.05, 0) is 17.7 Å². The lowest BCUT2D eigenvalue weighted by atomic mass is 10.1. The van der Waals surface area contributed by atoms with E-state index in [9.17, 15) is 8.42 Å². The van der Waals surface area contributed by atoms with Crippen LogP contribution in [0.1, 0.15) is 5.56 Å². The van der Waals surface area contributed by atoms with Gasteiger partial charge in [-0.3, -0.25) is 9.17 Å². The largest absolute Gasteiger partial charge is 0.265 e. The van der Waals surface area contributed by atoms with Gasteiger partial charge in [-0.15, -0.1) is 0 Å². The van der Waals surface area contributed by atoms with Crippen molar-refractivity contribution in [1.29, 1.82) is 0 Å². The van der Waals surface area contributed by atoms with Crippen molar-refractivity contribution in [2.45, 2.75) is 12.5 Å². The van der Waals surface area contributed by atoms with Gasteiger partial charge < -0.3 is 0 Å². The highest BCUT2D eigenvalue weighted by Crippen LogP contribution is 2.06. The van der Waals surface area contributed by atoms with Gasteiger partial charge >= 0.3 is 0 Å². The average molecular weight is 244 g/mol. The third-order valence-corrected chi connectivity index (χ3v) is 2.44. The Bertz CT molecular complexity index is 416. The summed E-state index contributed by atoms with van der Waals surface area (Å²) in [6.45, 7) is 0. The lowest BCUT2D eigenvalue weighted by Gasteiger charge is -2.09. The van der Waals surface area contributed by atoms with Crippen LogP contribution in [0.4, 0.5) is 0 Å². The third kappa shape index (κ3) is 4.96. The molecule has 1 aromatic heterocycles. The number of thiocarbonyl (C=S) groups is 1. The van der Waals surface area contributed by atoms with Crippen LogP contribution in [0, 0.1) is 0 Å². The van der Waals surface area contributed by atoms with Crippen molar-refractivity contribution in [3.05, 3.63) is 30.1 Å². The van der Waals surface area contributed by atoms with Crippen LogP contribution in [0.3, 0.4) is 0 Å². The van der Waals surface area contributed by atoms with Gasteiger partial charge in [0.1, 0.15) is 6.10 Å². The van der Waals surface area contributed by atoms with Gasteiger partial charge in [-0.2, -0.15) is 8.42 Å². The van der Waals surface area contributed by atoms with E-state index in [-0.39, 0.29) is 0 Å². The quantitative estimate of drug-likeness (QED) is 0.567. The molecule has 1 radical (unpaired) electrons. The molecule has 81 valence electrons. The van der Waals surface area contributed by atoms with E-state index in [2.05, 4.69) is 22.6 Å². The highest BCUT2D eigenvalue weighted by molar-refractivity contribution is 7.86. The van der Waals surface area contributed by atoms with Crippen molar-refractivity contribution in [1.82, 2.24) is 4.98 Å². The Labute approximate surface area is 94.4 Å². The molecule has 0 saturated carbocycles. The van der Waals surface area contributed by atoms with E-state index in [1.807, 2.05) is 0 Å². The summed E-state index contributed by atoms with van der Waals surface area (Å²) in [5.41, 5.74) is 0.899. The summed E-state index contributed by atoms with van der Waals surface area (Å²) in [5, 5.41) is 2.37. The van der Waals surface area contributed by atoms with Gasteiger partial charge in [0.05, 0.1) is 11.6 Å². The van der Waals surface area contributed by atoms with Gasteiger partial charge in [0.2, 0.25) is 0 Å². The molecule has 1 atom stereocenters. The summed E-state index contributed by atoms with van der Waals surface area (Å²) in [5.74, 6) is 0. The summed E-state index contributed by atoms with van der Waals surface area (Å²) < 4.78 is 26.5. The highest BCUT2D eigenvalue weighted by Gasteiger charge is 2.13. The molecule has 1 rings (SSSR count). The molecule has 0 aromatic carbocycles. The summed E-state index contributed by atoms with van der Waals surface area (Å²) in [6.07, 6.45) is 3.88. The van der Waals surface area contributed by atoms with Crippen molar-refractivity contribution in [3.63, 3.8) is 0 Å². The topological polar surface area (TPSA) is 56.3 Å². The monoisotopic (exact) mass is 244 g/mol. The molecule has 0 N–H and O–H groups in total. The molecule has 0 fully saturated rings. The first-order valence-electron chi connectivity index (χ1n) is 4.16. The zero-order valence-corrected chi connectivity index (χ0v) is 9.72. The van der Waals surface area contributed by atoms with Crippen molar-refractivity contribution >= 4 is 27.7 Å². The average Bonchev–Trinajstić information content (AvgIpc) is 2.16. The Balaban J connectivity index is 2.67. The van der Waals surface area contributed by atoms with Crippen molar-refractivity contribution in [2.24, 2.45) is 0 Å². The van der Waals surface area contributed by atoms with Crippen LogP contribution in [-0.4, -0.2) is 31.1 Å². The SMILES string of the molecule is CS(=O)(=O)OC([C]=S)Cc1ccncc1. The minimum atomic E-state index is -3.50. The molecule has 0 aliphatic heterocycles. The first-order valence-corrected chi connectivity index (χ1v) is 6.38. The Kier molecular flexibility index (Phi) is 4.31. The minimum Gasteiger partial charge on any atom is -0.265 e. The van der Waals surface area contributed by atoms with Crippen LogP contribution in [0.5, 0.6) is 0 Å². The van der Waals surface area contributed by atoms with Crippen LogP contribution in [0.15, 0.2) is 24.5 Å². The van der Waals surface area contributed by atoms with Crippen LogP contribution < -0.4 is 0 Å². The van der Waals surface area contributed by atoms with E-state index in [0.717, 1.165) is 11.8 Å². The fourth-order valence-electron chi connectivity index (χ4n) is 1.04. The van der Waals surface area contributed by atoms with Crippen molar-refractivity contribution in [3.8, 4) is 0 Å². The van der Waals surface area contributed by atoms with Gasteiger partial charge in [-0.25, -0.2) is 0 Å². The molecule has 0 spiro atoms. The fourth-order valence-corrected chi connectivity index (χ4v) is 1.77. The van der Waals surface area contributed by atoms with E-state index < -0.39 is 16.2 Å². The standard InChI is InChI=1S/C9H10NO3S2/c1-15(11,12)13-9(7-14)6-8-2-4-10-5-3-8/h2-5,9H,6H2,1H3. The number of aromatic nitrogens is 1. The van der Waals surface area contributed by atoms with Crippen LogP contribution in [-0.2, 0) is 20.7 Å². The molecule has 1 unspecified atom stereocenters. The Morgan fingerprint density at radius 3 is 2.60 bits per heavy atom. The lowest BCUT2D eigenvalue weighted by molar-refractivity contribution is 0.282. The van der Waals surface area contributed by atoms with Crippen LogP contribution >= 0.6 is 12.2 Å². The second-order valence-electron chi connectivity index (χ2n) is 2.97. The number of nitrogens with zero attached hydrogens (tertiary/aromatic N) is 1. The maximum Gasteiger partial charge on any atom is 0.265 e. The number of hydrogen-bond acceptors (Lipinski definition) is 5. The molecule has 0 aliphatic carbocycles. The summed E-state index contributed by atoms with van der Waals surface area (Å²) >= 11 is 4.59.